The lowest BCUT2D eigenvalue weighted by atomic mass is 10.2. The first kappa shape index (κ1) is 14.3. The van der Waals surface area contributed by atoms with Crippen molar-refractivity contribution in [3.05, 3.63) is 0 Å². The third-order valence-corrected chi connectivity index (χ3v) is 3.25. The Bertz CT molecular complexity index is 120. The molecule has 0 saturated heterocycles. The first-order valence-corrected chi connectivity index (χ1v) is 7.01. The van der Waals surface area contributed by atoms with Crippen LogP contribution < -0.4 is 5.32 Å². The summed E-state index contributed by atoms with van der Waals surface area (Å²) < 4.78 is 0. The van der Waals surface area contributed by atoms with Crippen LogP contribution in [0.5, 0.6) is 0 Å². The molecule has 0 aromatic carbocycles. The van der Waals surface area contributed by atoms with E-state index < -0.39 is 0 Å². The predicted molar refractivity (Wildman–Crippen MR) is 68.3 cm³/mol. The predicted octanol–water partition coefficient (Wildman–Crippen LogP) is 2.06. The van der Waals surface area contributed by atoms with Gasteiger partial charge in [-0.1, -0.05) is 6.92 Å². The number of rotatable bonds is 9. The van der Waals surface area contributed by atoms with Crippen LogP contribution in [-0.2, 0) is 0 Å². The van der Waals surface area contributed by atoms with Crippen LogP contribution in [0.4, 0.5) is 0 Å². The maximum Gasteiger partial charge on any atom is 0.00717 e. The molecule has 0 fully saturated rings. The van der Waals surface area contributed by atoms with E-state index in [9.17, 15) is 0 Å². The molecular weight excluding hydrogens is 192 g/mol. The van der Waals surface area contributed by atoms with Gasteiger partial charge in [-0.2, -0.15) is 11.8 Å². The number of hydrogen-bond donors (Lipinski definition) is 1. The lowest BCUT2D eigenvalue weighted by molar-refractivity contribution is 0.249. The van der Waals surface area contributed by atoms with Gasteiger partial charge in [0, 0.05) is 6.04 Å². The molecule has 0 saturated carbocycles. The minimum atomic E-state index is 0.726. The van der Waals surface area contributed by atoms with E-state index in [1.165, 1.54) is 25.1 Å². The molecule has 0 aliphatic carbocycles. The zero-order chi connectivity index (χ0) is 10.8. The molecule has 1 unspecified atom stereocenters. The summed E-state index contributed by atoms with van der Waals surface area (Å²) in [6, 6.07) is 0.726. The average Bonchev–Trinajstić information content (AvgIpc) is 2.20. The fourth-order valence-corrected chi connectivity index (χ4v) is 1.94. The Morgan fingerprint density at radius 2 is 2.14 bits per heavy atom. The maximum absolute atomic E-state index is 3.35. The largest absolute Gasteiger partial charge is 0.317 e. The van der Waals surface area contributed by atoms with Crippen molar-refractivity contribution in [2.75, 3.05) is 38.7 Å². The summed E-state index contributed by atoms with van der Waals surface area (Å²) >= 11 is 1.94. The highest BCUT2D eigenvalue weighted by molar-refractivity contribution is 7.98. The highest BCUT2D eigenvalue weighted by Gasteiger charge is 2.07. The summed E-state index contributed by atoms with van der Waals surface area (Å²) in [5.41, 5.74) is 0. The van der Waals surface area contributed by atoms with Gasteiger partial charge in [0.25, 0.3) is 0 Å². The second-order valence-electron chi connectivity index (χ2n) is 3.82. The molecule has 0 aliphatic rings. The molecule has 0 heterocycles. The monoisotopic (exact) mass is 218 g/mol. The van der Waals surface area contributed by atoms with Crippen LogP contribution in [0.25, 0.3) is 0 Å². The summed E-state index contributed by atoms with van der Waals surface area (Å²) in [4.78, 5) is 2.47. The molecule has 1 N–H and O–H groups in total. The topological polar surface area (TPSA) is 15.3 Å². The van der Waals surface area contributed by atoms with Gasteiger partial charge in [0.1, 0.15) is 0 Å². The molecule has 0 bridgehead atoms. The molecule has 0 aliphatic heterocycles. The van der Waals surface area contributed by atoms with Crippen LogP contribution in [0.15, 0.2) is 0 Å². The molecule has 0 rings (SSSR count). The number of nitrogens with one attached hydrogen (secondary N) is 1. The van der Waals surface area contributed by atoms with Crippen molar-refractivity contribution in [1.29, 1.82) is 0 Å². The van der Waals surface area contributed by atoms with Gasteiger partial charge in [0.15, 0.2) is 0 Å². The van der Waals surface area contributed by atoms with Crippen LogP contribution in [0.3, 0.4) is 0 Å². The Balaban J connectivity index is 3.36. The van der Waals surface area contributed by atoms with Crippen LogP contribution >= 0.6 is 11.8 Å². The number of thioether (sulfide) groups is 1. The third-order valence-electron chi connectivity index (χ3n) is 2.61. The van der Waals surface area contributed by atoms with E-state index in [4.69, 9.17) is 0 Å². The molecule has 0 aromatic heterocycles. The highest BCUT2D eigenvalue weighted by atomic mass is 32.2. The smallest absolute Gasteiger partial charge is 0.00717 e. The Morgan fingerprint density at radius 1 is 1.43 bits per heavy atom. The second-order valence-corrected chi connectivity index (χ2v) is 4.80. The fourth-order valence-electron chi connectivity index (χ4n) is 1.36. The van der Waals surface area contributed by atoms with Crippen molar-refractivity contribution in [2.24, 2.45) is 0 Å². The quantitative estimate of drug-likeness (QED) is 0.596. The first-order valence-electron chi connectivity index (χ1n) is 5.62. The molecule has 0 amide bonds. The van der Waals surface area contributed by atoms with Crippen molar-refractivity contribution in [2.45, 2.75) is 32.7 Å². The molecule has 0 radical (unpaired) electrons. The summed E-state index contributed by atoms with van der Waals surface area (Å²) in [5, 5.41) is 3.35. The average molecular weight is 218 g/mol. The molecule has 86 valence electrons. The lowest BCUT2D eigenvalue weighted by Gasteiger charge is -2.24. The van der Waals surface area contributed by atoms with Crippen LogP contribution in [-0.4, -0.2) is 49.6 Å². The zero-order valence-electron chi connectivity index (χ0n) is 10.2. The molecule has 2 nitrogen and oxygen atoms in total. The van der Waals surface area contributed by atoms with E-state index in [-0.39, 0.29) is 0 Å². The van der Waals surface area contributed by atoms with Gasteiger partial charge >= 0.3 is 0 Å². The number of hydrogen-bond acceptors (Lipinski definition) is 3. The minimum absolute atomic E-state index is 0.726. The standard InChI is InChI=1S/C11H26N2S/c1-5-12-8-6-9-13(3)11(2)7-10-14-4/h11-12H,5-10H2,1-4H3. The maximum atomic E-state index is 3.35. The summed E-state index contributed by atoms with van der Waals surface area (Å²) in [7, 11) is 2.23. The van der Waals surface area contributed by atoms with Crippen molar-refractivity contribution < 1.29 is 0 Å². The van der Waals surface area contributed by atoms with E-state index in [2.05, 4.69) is 37.4 Å². The Kier molecular flexibility index (Phi) is 10.0. The highest BCUT2D eigenvalue weighted by Crippen LogP contribution is 2.05. The minimum Gasteiger partial charge on any atom is -0.317 e. The molecule has 14 heavy (non-hydrogen) atoms. The van der Waals surface area contributed by atoms with Gasteiger partial charge in [0.05, 0.1) is 0 Å². The van der Waals surface area contributed by atoms with Gasteiger partial charge in [-0.3, -0.25) is 0 Å². The molecular formula is C11H26N2S. The summed E-state index contributed by atoms with van der Waals surface area (Å²) in [6.07, 6.45) is 4.74. The van der Waals surface area contributed by atoms with Crippen molar-refractivity contribution >= 4 is 11.8 Å². The number of nitrogens with zero attached hydrogens (tertiary/aromatic N) is 1. The third kappa shape index (κ3) is 7.65. The van der Waals surface area contributed by atoms with Gasteiger partial charge < -0.3 is 10.2 Å². The van der Waals surface area contributed by atoms with Crippen LogP contribution in [0.1, 0.15) is 26.7 Å². The Hall–Kier alpha value is 0.270. The molecule has 0 spiro atoms. The lowest BCUT2D eigenvalue weighted by Crippen LogP contribution is -2.32. The Labute approximate surface area is 93.8 Å². The second kappa shape index (κ2) is 9.81. The van der Waals surface area contributed by atoms with Crippen LogP contribution in [0.2, 0.25) is 0 Å². The SMILES string of the molecule is CCNCCCN(C)C(C)CCSC. The van der Waals surface area contributed by atoms with Crippen molar-refractivity contribution in [3.8, 4) is 0 Å². The van der Waals surface area contributed by atoms with Gasteiger partial charge in [-0.25, -0.2) is 0 Å². The summed E-state index contributed by atoms with van der Waals surface area (Å²) in [5.74, 6) is 1.28. The van der Waals surface area contributed by atoms with Crippen molar-refractivity contribution in [1.82, 2.24) is 10.2 Å². The van der Waals surface area contributed by atoms with E-state index in [0.29, 0.717) is 0 Å². The first-order chi connectivity index (χ1) is 6.72. The van der Waals surface area contributed by atoms with Gasteiger partial charge in [0.2, 0.25) is 0 Å². The molecule has 3 heteroatoms. The van der Waals surface area contributed by atoms with E-state index >= 15 is 0 Å². The molecule has 0 aromatic rings. The van der Waals surface area contributed by atoms with E-state index in [0.717, 1.165) is 19.1 Å². The van der Waals surface area contributed by atoms with E-state index in [1.54, 1.807) is 0 Å². The molecule has 1 atom stereocenters. The van der Waals surface area contributed by atoms with Gasteiger partial charge in [-0.05, 0) is 58.5 Å². The van der Waals surface area contributed by atoms with Crippen molar-refractivity contribution in [3.63, 3.8) is 0 Å². The van der Waals surface area contributed by atoms with Gasteiger partial charge in [-0.15, -0.1) is 0 Å². The van der Waals surface area contributed by atoms with E-state index in [1.807, 2.05) is 11.8 Å². The normalized spacial score (nSPS) is 13.5. The summed E-state index contributed by atoms with van der Waals surface area (Å²) in [6.45, 7) is 7.93. The fraction of sp³-hybridized carbons (Fsp3) is 1.00. The Morgan fingerprint density at radius 3 is 2.71 bits per heavy atom. The zero-order valence-corrected chi connectivity index (χ0v) is 11.0. The van der Waals surface area contributed by atoms with Crippen LogP contribution in [0, 0.1) is 0 Å².